The summed E-state index contributed by atoms with van der Waals surface area (Å²) in [6.07, 6.45) is 3.00. The van der Waals surface area contributed by atoms with Crippen LogP contribution in [0.15, 0.2) is 22.8 Å². The molecule has 0 N–H and O–H groups in total. The summed E-state index contributed by atoms with van der Waals surface area (Å²) in [6.45, 7) is 0.782. The Morgan fingerprint density at radius 3 is 2.93 bits per heavy atom. The van der Waals surface area contributed by atoms with Crippen LogP contribution in [0, 0.1) is 11.3 Å². The molecule has 78 valence electrons. The summed E-state index contributed by atoms with van der Waals surface area (Å²) in [6, 6.07) is 8.68. The molecule has 0 unspecified atom stereocenters. The highest BCUT2D eigenvalue weighted by molar-refractivity contribution is 9.10. The number of anilines is 1. The van der Waals surface area contributed by atoms with Gasteiger partial charge >= 0.3 is 0 Å². The first-order valence-corrected chi connectivity index (χ1v) is 5.86. The number of pyridine rings is 1. The van der Waals surface area contributed by atoms with Gasteiger partial charge in [0.05, 0.1) is 12.5 Å². The minimum atomic E-state index is 0.560. The number of hydrogen-bond acceptors (Lipinski definition) is 3. The van der Waals surface area contributed by atoms with Gasteiger partial charge in [0.15, 0.2) is 0 Å². The molecule has 1 fully saturated rings. The Balaban J connectivity index is 2.13. The molecule has 0 spiro atoms. The van der Waals surface area contributed by atoms with Crippen molar-refractivity contribution in [3.8, 4) is 6.07 Å². The molecule has 1 saturated carbocycles. The maximum atomic E-state index is 8.61. The standard InChI is InChI=1S/C11H12BrN3/c12-10-3-1-4-11(14-10)15(8-2-7-13)9-5-6-9/h1,3-4,9H,2,5-6,8H2. The van der Waals surface area contributed by atoms with E-state index >= 15 is 0 Å². The largest absolute Gasteiger partial charge is 0.353 e. The van der Waals surface area contributed by atoms with Crippen molar-refractivity contribution in [3.05, 3.63) is 22.8 Å². The number of nitrogens with zero attached hydrogens (tertiary/aromatic N) is 3. The lowest BCUT2D eigenvalue weighted by Gasteiger charge is -2.22. The van der Waals surface area contributed by atoms with Crippen molar-refractivity contribution in [1.29, 1.82) is 5.26 Å². The van der Waals surface area contributed by atoms with Crippen molar-refractivity contribution in [3.63, 3.8) is 0 Å². The van der Waals surface area contributed by atoms with Crippen LogP contribution in [0.4, 0.5) is 5.82 Å². The zero-order valence-corrected chi connectivity index (χ0v) is 9.94. The fourth-order valence-electron chi connectivity index (χ4n) is 1.60. The fourth-order valence-corrected chi connectivity index (χ4v) is 1.93. The van der Waals surface area contributed by atoms with E-state index in [1.807, 2.05) is 18.2 Å². The molecule has 0 bridgehead atoms. The number of rotatable bonds is 4. The molecule has 15 heavy (non-hydrogen) atoms. The van der Waals surface area contributed by atoms with Gasteiger partial charge in [0, 0.05) is 12.6 Å². The molecule has 0 atom stereocenters. The molecule has 0 amide bonds. The van der Waals surface area contributed by atoms with E-state index in [-0.39, 0.29) is 0 Å². The highest BCUT2D eigenvalue weighted by Crippen LogP contribution is 2.31. The predicted molar refractivity (Wildman–Crippen MR) is 62.5 cm³/mol. The van der Waals surface area contributed by atoms with Crippen LogP contribution in [0.1, 0.15) is 19.3 Å². The lowest BCUT2D eigenvalue weighted by atomic mass is 10.3. The maximum absolute atomic E-state index is 8.61. The van der Waals surface area contributed by atoms with Crippen LogP contribution >= 0.6 is 15.9 Å². The van der Waals surface area contributed by atoms with Crippen LogP contribution in [0.3, 0.4) is 0 Å². The molecule has 0 saturated heterocycles. The summed E-state index contributed by atoms with van der Waals surface area (Å²) in [5.74, 6) is 0.974. The first kappa shape index (κ1) is 10.4. The van der Waals surface area contributed by atoms with Crippen molar-refractivity contribution in [2.45, 2.75) is 25.3 Å². The highest BCUT2D eigenvalue weighted by Gasteiger charge is 2.29. The topological polar surface area (TPSA) is 39.9 Å². The summed E-state index contributed by atoms with van der Waals surface area (Å²) >= 11 is 3.37. The van der Waals surface area contributed by atoms with Crippen molar-refractivity contribution >= 4 is 21.7 Å². The van der Waals surface area contributed by atoms with Gasteiger partial charge in [-0.2, -0.15) is 5.26 Å². The third kappa shape index (κ3) is 2.69. The van der Waals surface area contributed by atoms with Gasteiger partial charge in [0.2, 0.25) is 0 Å². The average molecular weight is 266 g/mol. The second-order valence-corrected chi connectivity index (χ2v) is 4.46. The number of hydrogen-bond donors (Lipinski definition) is 0. The van der Waals surface area contributed by atoms with Crippen molar-refractivity contribution in [2.24, 2.45) is 0 Å². The highest BCUT2D eigenvalue weighted by atomic mass is 79.9. The van der Waals surface area contributed by atoms with Crippen molar-refractivity contribution in [1.82, 2.24) is 4.98 Å². The van der Waals surface area contributed by atoms with E-state index in [4.69, 9.17) is 5.26 Å². The summed E-state index contributed by atoms with van der Waals surface area (Å²) in [5, 5.41) is 8.61. The molecule has 1 aliphatic rings. The summed E-state index contributed by atoms with van der Waals surface area (Å²) in [5.41, 5.74) is 0. The normalized spacial score (nSPS) is 14.7. The lowest BCUT2D eigenvalue weighted by Crippen LogP contribution is -2.27. The zero-order chi connectivity index (χ0) is 10.7. The number of nitriles is 1. The minimum Gasteiger partial charge on any atom is -0.353 e. The van der Waals surface area contributed by atoms with Crippen LogP contribution in [-0.2, 0) is 0 Å². The minimum absolute atomic E-state index is 0.560. The third-order valence-electron chi connectivity index (χ3n) is 2.45. The van der Waals surface area contributed by atoms with Gasteiger partial charge in [-0.25, -0.2) is 4.98 Å². The second-order valence-electron chi connectivity index (χ2n) is 3.65. The Labute approximate surface area is 97.9 Å². The van der Waals surface area contributed by atoms with Crippen LogP contribution in [0.5, 0.6) is 0 Å². The quantitative estimate of drug-likeness (QED) is 0.786. The molecule has 0 aromatic carbocycles. The van der Waals surface area contributed by atoms with Gasteiger partial charge in [-0.15, -0.1) is 0 Å². The summed E-state index contributed by atoms with van der Waals surface area (Å²) < 4.78 is 0.850. The first-order valence-electron chi connectivity index (χ1n) is 5.07. The van der Waals surface area contributed by atoms with Gasteiger partial charge in [0.25, 0.3) is 0 Å². The predicted octanol–water partition coefficient (Wildman–Crippen LogP) is 2.73. The molecule has 0 radical (unpaired) electrons. The Kier molecular flexibility index (Phi) is 3.22. The van der Waals surface area contributed by atoms with Gasteiger partial charge < -0.3 is 4.90 Å². The van der Waals surface area contributed by atoms with Crippen LogP contribution in [-0.4, -0.2) is 17.6 Å². The van der Waals surface area contributed by atoms with Crippen molar-refractivity contribution in [2.75, 3.05) is 11.4 Å². The Morgan fingerprint density at radius 2 is 2.33 bits per heavy atom. The Bertz CT molecular complexity index is 382. The Morgan fingerprint density at radius 1 is 1.53 bits per heavy atom. The molecule has 4 heteroatoms. The number of aromatic nitrogens is 1. The van der Waals surface area contributed by atoms with E-state index in [0.717, 1.165) is 17.0 Å². The summed E-state index contributed by atoms with van der Waals surface area (Å²) in [7, 11) is 0. The fraction of sp³-hybridized carbons (Fsp3) is 0.455. The van der Waals surface area contributed by atoms with E-state index in [1.54, 1.807) is 0 Å². The van der Waals surface area contributed by atoms with E-state index in [9.17, 15) is 0 Å². The van der Waals surface area contributed by atoms with Crippen LogP contribution in [0.2, 0.25) is 0 Å². The van der Waals surface area contributed by atoms with Gasteiger partial charge in [-0.3, -0.25) is 0 Å². The SMILES string of the molecule is N#CCCN(c1cccc(Br)n1)C1CC1. The number of halogens is 1. The average Bonchev–Trinajstić information content (AvgIpc) is 3.03. The molecule has 1 aliphatic carbocycles. The van der Waals surface area contributed by atoms with Crippen LogP contribution < -0.4 is 4.90 Å². The monoisotopic (exact) mass is 265 g/mol. The first-order chi connectivity index (χ1) is 7.31. The van der Waals surface area contributed by atoms with Crippen molar-refractivity contribution < 1.29 is 0 Å². The third-order valence-corrected chi connectivity index (χ3v) is 2.89. The second kappa shape index (κ2) is 4.63. The molecule has 2 rings (SSSR count). The molecular weight excluding hydrogens is 254 g/mol. The maximum Gasteiger partial charge on any atom is 0.130 e. The molecule has 1 aromatic rings. The smallest absolute Gasteiger partial charge is 0.130 e. The molecule has 1 aromatic heterocycles. The van der Waals surface area contributed by atoms with E-state index in [2.05, 4.69) is 31.9 Å². The van der Waals surface area contributed by atoms with Crippen LogP contribution in [0.25, 0.3) is 0 Å². The Hall–Kier alpha value is -1.08. The lowest BCUT2D eigenvalue weighted by molar-refractivity contribution is 0.777. The zero-order valence-electron chi connectivity index (χ0n) is 8.36. The van der Waals surface area contributed by atoms with E-state index in [1.165, 1.54) is 12.8 Å². The van der Waals surface area contributed by atoms with Gasteiger partial charge in [-0.1, -0.05) is 6.07 Å². The van der Waals surface area contributed by atoms with Gasteiger partial charge in [0.1, 0.15) is 10.4 Å². The van der Waals surface area contributed by atoms with Gasteiger partial charge in [-0.05, 0) is 40.9 Å². The molecule has 3 nitrogen and oxygen atoms in total. The van der Waals surface area contributed by atoms with E-state index in [0.29, 0.717) is 12.5 Å². The molecular formula is C11H12BrN3. The van der Waals surface area contributed by atoms with E-state index < -0.39 is 0 Å². The summed E-state index contributed by atoms with van der Waals surface area (Å²) in [4.78, 5) is 6.65. The molecule has 1 heterocycles. The molecule has 0 aliphatic heterocycles.